The number of aromatic nitrogens is 3. The van der Waals surface area contributed by atoms with Crippen LogP contribution in [-0.4, -0.2) is 23.2 Å². The number of rotatable bonds is 5. The predicted octanol–water partition coefficient (Wildman–Crippen LogP) is 1.01. The van der Waals surface area contributed by atoms with Crippen LogP contribution < -0.4 is 10.5 Å². The van der Waals surface area contributed by atoms with Crippen molar-refractivity contribution in [1.29, 1.82) is 0 Å². The average Bonchev–Trinajstić information content (AvgIpc) is 2.86. The molecule has 0 bridgehead atoms. The van der Waals surface area contributed by atoms with Gasteiger partial charge in [-0.25, -0.2) is 13.1 Å². The second kappa shape index (κ2) is 5.78. The van der Waals surface area contributed by atoms with Crippen LogP contribution in [0.5, 0.6) is 0 Å². The van der Waals surface area contributed by atoms with Gasteiger partial charge in [-0.3, -0.25) is 0 Å². The summed E-state index contributed by atoms with van der Waals surface area (Å²) in [5, 5.41) is 7.70. The van der Waals surface area contributed by atoms with E-state index in [-0.39, 0.29) is 16.5 Å². The van der Waals surface area contributed by atoms with Crippen molar-refractivity contribution >= 4 is 27.3 Å². The van der Waals surface area contributed by atoms with Crippen molar-refractivity contribution in [2.75, 3.05) is 5.73 Å². The average molecular weight is 316 g/mol. The predicted molar refractivity (Wildman–Crippen MR) is 75.6 cm³/mol. The van der Waals surface area contributed by atoms with Crippen LogP contribution in [0.3, 0.4) is 0 Å². The van der Waals surface area contributed by atoms with Crippen molar-refractivity contribution in [3.63, 3.8) is 0 Å². The van der Waals surface area contributed by atoms with Crippen LogP contribution in [0.15, 0.2) is 29.4 Å². The number of hydrogen-bond donors (Lipinski definition) is 2. The second-order valence-corrected chi connectivity index (χ2v) is 6.19. The quantitative estimate of drug-likeness (QED) is 0.802. The standard InChI is InChI=1S/C11H14ClN5O2S/c1-2-17-7-14-16-11(17)6-15-20(18,19)10-5-8(13)3-4-9(10)12/h3-5,7,15H,2,6,13H2,1H3. The fourth-order valence-corrected chi connectivity index (χ4v) is 3.16. The third kappa shape index (κ3) is 3.09. The van der Waals surface area contributed by atoms with Gasteiger partial charge in [-0.05, 0) is 25.1 Å². The number of nitrogens with zero attached hydrogens (tertiary/aromatic N) is 3. The zero-order valence-corrected chi connectivity index (χ0v) is 12.3. The molecule has 108 valence electrons. The van der Waals surface area contributed by atoms with E-state index in [0.717, 1.165) is 0 Å². The molecule has 3 N–H and O–H groups in total. The molecule has 0 saturated heterocycles. The third-order valence-electron chi connectivity index (χ3n) is 2.70. The first-order valence-electron chi connectivity index (χ1n) is 5.85. The first-order chi connectivity index (χ1) is 9.44. The van der Waals surface area contributed by atoms with E-state index < -0.39 is 10.0 Å². The molecule has 0 spiro atoms. The van der Waals surface area contributed by atoms with Crippen molar-refractivity contribution in [3.05, 3.63) is 35.4 Å². The van der Waals surface area contributed by atoms with Crippen molar-refractivity contribution in [2.45, 2.75) is 24.9 Å². The molecule has 1 aromatic carbocycles. The maximum absolute atomic E-state index is 12.2. The molecule has 1 heterocycles. The Morgan fingerprint density at radius 1 is 1.45 bits per heavy atom. The first kappa shape index (κ1) is 14.8. The summed E-state index contributed by atoms with van der Waals surface area (Å²) >= 11 is 5.89. The third-order valence-corrected chi connectivity index (χ3v) is 4.58. The van der Waals surface area contributed by atoms with Gasteiger partial charge in [-0.1, -0.05) is 11.6 Å². The van der Waals surface area contributed by atoms with Crippen LogP contribution in [0.25, 0.3) is 0 Å². The first-order valence-corrected chi connectivity index (χ1v) is 7.71. The lowest BCUT2D eigenvalue weighted by atomic mass is 10.3. The molecule has 0 fully saturated rings. The molecule has 2 aromatic rings. The Kier molecular flexibility index (Phi) is 4.26. The minimum absolute atomic E-state index is 0.0291. The molecule has 0 atom stereocenters. The number of nitrogens with two attached hydrogens (primary N) is 1. The molecular weight excluding hydrogens is 302 g/mol. The topological polar surface area (TPSA) is 103 Å². The number of halogens is 1. The maximum atomic E-state index is 12.2. The van der Waals surface area contributed by atoms with Crippen LogP contribution in [0, 0.1) is 0 Å². The number of nitrogens with one attached hydrogen (secondary N) is 1. The Bertz CT molecular complexity index is 713. The van der Waals surface area contributed by atoms with E-state index in [1.54, 1.807) is 4.57 Å². The van der Waals surface area contributed by atoms with Crippen LogP contribution in [-0.2, 0) is 23.1 Å². The molecule has 0 aliphatic carbocycles. The summed E-state index contributed by atoms with van der Waals surface area (Å²) < 4.78 is 28.6. The fourth-order valence-electron chi connectivity index (χ4n) is 1.64. The van der Waals surface area contributed by atoms with Crippen molar-refractivity contribution in [3.8, 4) is 0 Å². The molecule has 9 heteroatoms. The molecular formula is C11H14ClN5O2S. The summed E-state index contributed by atoms with van der Waals surface area (Å²) in [6.45, 7) is 2.60. The van der Waals surface area contributed by atoms with Gasteiger partial charge < -0.3 is 10.3 Å². The molecule has 2 rings (SSSR count). The van der Waals surface area contributed by atoms with Crippen LogP contribution in [0.4, 0.5) is 5.69 Å². The minimum atomic E-state index is -3.76. The number of benzene rings is 1. The number of hydrogen-bond acceptors (Lipinski definition) is 5. The highest BCUT2D eigenvalue weighted by molar-refractivity contribution is 7.89. The lowest BCUT2D eigenvalue weighted by Crippen LogP contribution is -2.25. The monoisotopic (exact) mass is 315 g/mol. The maximum Gasteiger partial charge on any atom is 0.242 e. The van der Waals surface area contributed by atoms with E-state index in [1.165, 1.54) is 24.5 Å². The van der Waals surface area contributed by atoms with Gasteiger partial charge in [0.15, 0.2) is 0 Å². The highest BCUT2D eigenvalue weighted by Gasteiger charge is 2.19. The van der Waals surface area contributed by atoms with Gasteiger partial charge in [0.05, 0.1) is 11.6 Å². The molecule has 20 heavy (non-hydrogen) atoms. The Morgan fingerprint density at radius 2 is 2.20 bits per heavy atom. The van der Waals surface area contributed by atoms with Gasteiger partial charge in [0, 0.05) is 12.2 Å². The molecule has 0 amide bonds. The molecule has 0 unspecified atom stereocenters. The Labute approximate surface area is 121 Å². The molecule has 0 aliphatic rings. The highest BCUT2D eigenvalue weighted by Crippen LogP contribution is 2.23. The second-order valence-electron chi connectivity index (χ2n) is 4.05. The van der Waals surface area contributed by atoms with E-state index in [1.807, 2.05) is 6.92 Å². The number of anilines is 1. The van der Waals surface area contributed by atoms with Crippen LogP contribution in [0.2, 0.25) is 5.02 Å². The summed E-state index contributed by atoms with van der Waals surface area (Å²) in [5.74, 6) is 0.524. The summed E-state index contributed by atoms with van der Waals surface area (Å²) in [6, 6.07) is 4.30. The van der Waals surface area contributed by atoms with Gasteiger partial charge in [-0.15, -0.1) is 10.2 Å². The number of nitrogen functional groups attached to an aromatic ring is 1. The summed E-state index contributed by atoms with van der Waals surface area (Å²) in [6.07, 6.45) is 1.54. The van der Waals surface area contributed by atoms with E-state index >= 15 is 0 Å². The van der Waals surface area contributed by atoms with Crippen LogP contribution >= 0.6 is 11.6 Å². The number of sulfonamides is 1. The zero-order chi connectivity index (χ0) is 14.8. The Balaban J connectivity index is 2.21. The largest absolute Gasteiger partial charge is 0.399 e. The minimum Gasteiger partial charge on any atom is -0.399 e. The molecule has 7 nitrogen and oxygen atoms in total. The normalized spacial score (nSPS) is 11.7. The van der Waals surface area contributed by atoms with Crippen molar-refractivity contribution in [2.24, 2.45) is 0 Å². The number of aryl methyl sites for hydroxylation is 1. The molecule has 0 saturated carbocycles. The van der Waals surface area contributed by atoms with E-state index in [9.17, 15) is 8.42 Å². The summed E-state index contributed by atoms with van der Waals surface area (Å²) in [4.78, 5) is -0.0540. The highest BCUT2D eigenvalue weighted by atomic mass is 35.5. The van der Waals surface area contributed by atoms with Gasteiger partial charge in [-0.2, -0.15) is 0 Å². The SMILES string of the molecule is CCn1cnnc1CNS(=O)(=O)c1cc(N)ccc1Cl. The van der Waals surface area contributed by atoms with Crippen molar-refractivity contribution < 1.29 is 8.42 Å². The summed E-state index contributed by atoms with van der Waals surface area (Å²) in [5.41, 5.74) is 5.91. The molecule has 0 aliphatic heterocycles. The van der Waals surface area contributed by atoms with Crippen molar-refractivity contribution in [1.82, 2.24) is 19.5 Å². The smallest absolute Gasteiger partial charge is 0.242 e. The zero-order valence-electron chi connectivity index (χ0n) is 10.7. The summed E-state index contributed by atoms with van der Waals surface area (Å²) in [7, 11) is -3.76. The van der Waals surface area contributed by atoms with E-state index in [0.29, 0.717) is 18.1 Å². The Hall–Kier alpha value is -1.64. The van der Waals surface area contributed by atoms with E-state index in [4.69, 9.17) is 17.3 Å². The Morgan fingerprint density at radius 3 is 2.90 bits per heavy atom. The van der Waals surface area contributed by atoms with Gasteiger partial charge in [0.1, 0.15) is 17.0 Å². The van der Waals surface area contributed by atoms with E-state index in [2.05, 4.69) is 14.9 Å². The fraction of sp³-hybridized carbons (Fsp3) is 0.273. The van der Waals surface area contributed by atoms with Gasteiger partial charge >= 0.3 is 0 Å². The lowest BCUT2D eigenvalue weighted by Gasteiger charge is -2.09. The van der Waals surface area contributed by atoms with Gasteiger partial charge in [0.2, 0.25) is 10.0 Å². The molecule has 0 radical (unpaired) electrons. The lowest BCUT2D eigenvalue weighted by molar-refractivity contribution is 0.575. The van der Waals surface area contributed by atoms with Gasteiger partial charge in [0.25, 0.3) is 0 Å². The van der Waals surface area contributed by atoms with Crippen LogP contribution in [0.1, 0.15) is 12.7 Å². The molecule has 1 aromatic heterocycles.